The van der Waals surface area contributed by atoms with Crippen molar-refractivity contribution in [1.82, 2.24) is 9.80 Å². The number of carbonyl (C=O) groups excluding carboxylic acids is 2. The summed E-state index contributed by atoms with van der Waals surface area (Å²) in [6.45, 7) is 9.00. The van der Waals surface area contributed by atoms with Gasteiger partial charge in [-0.3, -0.25) is 9.59 Å². The Morgan fingerprint density at radius 2 is 1.74 bits per heavy atom. The van der Waals surface area contributed by atoms with Crippen molar-refractivity contribution in [3.05, 3.63) is 35.4 Å². The minimum absolute atomic E-state index is 0.0809. The van der Waals surface area contributed by atoms with Crippen LogP contribution in [0.5, 0.6) is 0 Å². The average Bonchev–Trinajstić information content (AvgIpc) is 2.58. The third kappa shape index (κ3) is 4.34. The molecular weight excluding hydrogens is 288 g/mol. The third-order valence-corrected chi connectivity index (χ3v) is 4.87. The molecule has 2 rings (SSSR count). The molecule has 1 aromatic carbocycles. The van der Waals surface area contributed by atoms with E-state index < -0.39 is 0 Å². The Morgan fingerprint density at radius 3 is 2.30 bits per heavy atom. The van der Waals surface area contributed by atoms with Gasteiger partial charge in [0.05, 0.1) is 6.42 Å². The fourth-order valence-electron chi connectivity index (χ4n) is 3.25. The number of likely N-dealkylation sites (tertiary alicyclic amines) is 1. The monoisotopic (exact) mass is 316 g/mol. The van der Waals surface area contributed by atoms with Gasteiger partial charge >= 0.3 is 0 Å². The lowest BCUT2D eigenvalue weighted by Gasteiger charge is -2.34. The summed E-state index contributed by atoms with van der Waals surface area (Å²) in [6, 6.07) is 8.03. The van der Waals surface area contributed by atoms with Crippen LogP contribution in [0.2, 0.25) is 0 Å². The second kappa shape index (κ2) is 8.14. The van der Waals surface area contributed by atoms with Crippen molar-refractivity contribution < 1.29 is 9.59 Å². The summed E-state index contributed by atoms with van der Waals surface area (Å²) in [7, 11) is 0. The minimum Gasteiger partial charge on any atom is -0.343 e. The number of nitrogens with zero attached hydrogens (tertiary/aromatic N) is 2. The van der Waals surface area contributed by atoms with Gasteiger partial charge in [-0.05, 0) is 44.7 Å². The summed E-state index contributed by atoms with van der Waals surface area (Å²) in [6.07, 6.45) is 2.03. The molecule has 0 atom stereocenters. The van der Waals surface area contributed by atoms with E-state index in [1.165, 1.54) is 0 Å². The number of hydrogen-bond donors (Lipinski definition) is 0. The average molecular weight is 316 g/mol. The lowest BCUT2D eigenvalue weighted by Crippen LogP contribution is -2.44. The highest BCUT2D eigenvalue weighted by Gasteiger charge is 2.29. The molecule has 1 fully saturated rings. The van der Waals surface area contributed by atoms with E-state index in [4.69, 9.17) is 0 Å². The Labute approximate surface area is 139 Å². The van der Waals surface area contributed by atoms with Crippen molar-refractivity contribution in [1.29, 1.82) is 0 Å². The lowest BCUT2D eigenvalue weighted by molar-refractivity contribution is -0.140. The molecule has 0 bridgehead atoms. The van der Waals surface area contributed by atoms with Crippen molar-refractivity contribution in [2.45, 2.75) is 40.0 Å². The first kappa shape index (κ1) is 17.5. The van der Waals surface area contributed by atoms with Crippen LogP contribution in [-0.4, -0.2) is 47.8 Å². The zero-order chi connectivity index (χ0) is 16.8. The smallest absolute Gasteiger partial charge is 0.226 e. The summed E-state index contributed by atoms with van der Waals surface area (Å²) < 4.78 is 0. The maximum absolute atomic E-state index is 12.5. The molecule has 4 heteroatoms. The summed E-state index contributed by atoms with van der Waals surface area (Å²) >= 11 is 0. The molecule has 23 heavy (non-hydrogen) atoms. The molecule has 1 heterocycles. The van der Waals surface area contributed by atoms with Gasteiger partial charge in [0.1, 0.15) is 0 Å². The largest absolute Gasteiger partial charge is 0.343 e. The van der Waals surface area contributed by atoms with E-state index in [0.29, 0.717) is 19.5 Å². The molecule has 0 N–H and O–H groups in total. The Bertz CT molecular complexity index is 544. The zero-order valence-electron chi connectivity index (χ0n) is 14.5. The van der Waals surface area contributed by atoms with Crippen LogP contribution in [-0.2, 0) is 16.0 Å². The van der Waals surface area contributed by atoms with Crippen LogP contribution in [0.25, 0.3) is 0 Å². The van der Waals surface area contributed by atoms with Crippen molar-refractivity contribution in [3.8, 4) is 0 Å². The molecule has 2 amide bonds. The number of amides is 2. The zero-order valence-corrected chi connectivity index (χ0v) is 14.5. The quantitative estimate of drug-likeness (QED) is 0.838. The summed E-state index contributed by atoms with van der Waals surface area (Å²) in [5.41, 5.74) is 2.26. The van der Waals surface area contributed by atoms with Crippen molar-refractivity contribution in [3.63, 3.8) is 0 Å². The first-order valence-electron chi connectivity index (χ1n) is 8.67. The van der Waals surface area contributed by atoms with E-state index >= 15 is 0 Å². The number of rotatable bonds is 5. The van der Waals surface area contributed by atoms with Crippen LogP contribution in [0.3, 0.4) is 0 Å². The maximum Gasteiger partial charge on any atom is 0.226 e. The molecule has 0 aromatic heterocycles. The Balaban J connectivity index is 1.88. The first-order chi connectivity index (χ1) is 11.1. The van der Waals surface area contributed by atoms with Crippen molar-refractivity contribution in [2.75, 3.05) is 26.2 Å². The number of aryl methyl sites for hydroxylation is 1. The van der Waals surface area contributed by atoms with Gasteiger partial charge in [0, 0.05) is 32.1 Å². The van der Waals surface area contributed by atoms with Crippen LogP contribution in [0.4, 0.5) is 0 Å². The minimum atomic E-state index is 0.0809. The predicted octanol–water partition coefficient (Wildman–Crippen LogP) is 2.64. The Hall–Kier alpha value is -1.84. The molecule has 4 nitrogen and oxygen atoms in total. The van der Waals surface area contributed by atoms with Crippen LogP contribution in [0.15, 0.2) is 24.3 Å². The topological polar surface area (TPSA) is 40.6 Å². The van der Waals surface area contributed by atoms with Gasteiger partial charge in [-0.2, -0.15) is 0 Å². The number of hydrogen-bond acceptors (Lipinski definition) is 2. The highest BCUT2D eigenvalue weighted by molar-refractivity contribution is 5.81. The second-order valence-corrected chi connectivity index (χ2v) is 6.27. The molecule has 0 saturated carbocycles. The van der Waals surface area contributed by atoms with Crippen LogP contribution in [0, 0.1) is 12.8 Å². The molecule has 126 valence electrons. The van der Waals surface area contributed by atoms with E-state index in [1.54, 1.807) is 0 Å². The van der Waals surface area contributed by atoms with Gasteiger partial charge in [0.15, 0.2) is 0 Å². The van der Waals surface area contributed by atoms with E-state index in [1.807, 2.05) is 54.8 Å². The van der Waals surface area contributed by atoms with Crippen LogP contribution >= 0.6 is 0 Å². The highest BCUT2D eigenvalue weighted by Crippen LogP contribution is 2.21. The molecule has 0 radical (unpaired) electrons. The number of piperidine rings is 1. The molecule has 1 aromatic rings. The SMILES string of the molecule is CCN(CC)C(=O)C1CCN(C(=O)Cc2ccccc2C)CC1. The van der Waals surface area contributed by atoms with Gasteiger partial charge < -0.3 is 9.80 Å². The fourth-order valence-corrected chi connectivity index (χ4v) is 3.25. The Morgan fingerprint density at radius 1 is 1.13 bits per heavy atom. The molecule has 0 spiro atoms. The molecular formula is C19H28N2O2. The highest BCUT2D eigenvalue weighted by atomic mass is 16.2. The number of carbonyl (C=O) groups is 2. The van der Waals surface area contributed by atoms with Gasteiger partial charge in [-0.1, -0.05) is 24.3 Å². The molecule has 0 aliphatic carbocycles. The van der Waals surface area contributed by atoms with Crippen molar-refractivity contribution in [2.24, 2.45) is 5.92 Å². The van der Waals surface area contributed by atoms with Gasteiger partial charge in [0.2, 0.25) is 11.8 Å². The summed E-state index contributed by atoms with van der Waals surface area (Å²) in [5.74, 6) is 0.506. The van der Waals surface area contributed by atoms with Gasteiger partial charge in [-0.15, -0.1) is 0 Å². The van der Waals surface area contributed by atoms with Gasteiger partial charge in [0.25, 0.3) is 0 Å². The number of benzene rings is 1. The van der Waals surface area contributed by atoms with Crippen LogP contribution in [0.1, 0.15) is 37.8 Å². The van der Waals surface area contributed by atoms with Gasteiger partial charge in [-0.25, -0.2) is 0 Å². The van der Waals surface area contributed by atoms with Crippen molar-refractivity contribution >= 4 is 11.8 Å². The van der Waals surface area contributed by atoms with E-state index in [9.17, 15) is 9.59 Å². The van der Waals surface area contributed by atoms with E-state index in [0.717, 1.165) is 37.1 Å². The van der Waals surface area contributed by atoms with Crippen LogP contribution < -0.4 is 0 Å². The third-order valence-electron chi connectivity index (χ3n) is 4.87. The molecule has 1 saturated heterocycles. The predicted molar refractivity (Wildman–Crippen MR) is 92.1 cm³/mol. The molecule has 1 aliphatic rings. The Kier molecular flexibility index (Phi) is 6.20. The standard InChI is InChI=1S/C19H28N2O2/c1-4-20(5-2)19(23)16-10-12-21(13-11-16)18(22)14-17-9-7-6-8-15(17)3/h6-9,16H,4-5,10-14H2,1-3H3. The van der Waals surface area contributed by atoms with E-state index in [2.05, 4.69) is 0 Å². The molecule has 0 unspecified atom stereocenters. The maximum atomic E-state index is 12.5. The van der Waals surface area contributed by atoms with E-state index in [-0.39, 0.29) is 17.7 Å². The second-order valence-electron chi connectivity index (χ2n) is 6.27. The summed E-state index contributed by atoms with van der Waals surface area (Å²) in [4.78, 5) is 28.7. The fraction of sp³-hybridized carbons (Fsp3) is 0.579. The normalized spacial score (nSPS) is 15.5. The summed E-state index contributed by atoms with van der Waals surface area (Å²) in [5, 5.41) is 0. The molecule has 1 aliphatic heterocycles. The first-order valence-corrected chi connectivity index (χ1v) is 8.67. The lowest BCUT2D eigenvalue weighted by atomic mass is 9.94.